The Labute approximate surface area is 142 Å². The number of nitrogens with zero attached hydrogens (tertiary/aromatic N) is 3. The number of hydrogen-bond acceptors (Lipinski definition) is 5. The molecule has 1 aliphatic carbocycles. The highest BCUT2D eigenvalue weighted by Gasteiger charge is 2.29. The first-order valence-corrected chi connectivity index (χ1v) is 8.92. The molecule has 4 N–H and O–H groups in total. The van der Waals surface area contributed by atoms with E-state index in [1.54, 1.807) is 6.20 Å². The van der Waals surface area contributed by atoms with Crippen LogP contribution in [0.1, 0.15) is 21.7 Å². The number of aromatic amines is 1. The predicted molar refractivity (Wildman–Crippen MR) is 86.9 cm³/mol. The molecule has 0 saturated carbocycles. The quantitative estimate of drug-likeness (QED) is 0.628. The van der Waals surface area contributed by atoms with E-state index in [0.717, 1.165) is 11.3 Å². The van der Waals surface area contributed by atoms with Gasteiger partial charge in [-0.1, -0.05) is 0 Å². The van der Waals surface area contributed by atoms with E-state index in [1.807, 2.05) is 0 Å². The fourth-order valence-electron chi connectivity index (χ4n) is 3.06. The van der Waals surface area contributed by atoms with Crippen molar-refractivity contribution in [1.29, 1.82) is 0 Å². The number of benzene rings is 1. The molecule has 0 aliphatic heterocycles. The van der Waals surface area contributed by atoms with Crippen molar-refractivity contribution in [3.8, 4) is 16.9 Å². The summed E-state index contributed by atoms with van der Waals surface area (Å²) in [5.41, 5.74) is 3.50. The van der Waals surface area contributed by atoms with Gasteiger partial charge in [-0.05, 0) is 37.1 Å². The topological polar surface area (TPSA) is 144 Å². The minimum absolute atomic E-state index is 0.0163. The van der Waals surface area contributed by atoms with Crippen LogP contribution in [0.15, 0.2) is 35.4 Å². The molecule has 10 heteroatoms. The molecule has 1 aliphatic rings. The predicted octanol–water partition coefficient (Wildman–Crippen LogP) is 0.707. The van der Waals surface area contributed by atoms with E-state index >= 15 is 0 Å². The standard InChI is InChI=1S/C15H13N5O4S/c16-25(23,24)9-3-1-8(2-4-9)20-14-10(13(19-20)15(21)22)5-6-12-11(14)7-17-18-12/h1-4,7H,5-6H2,(H,17,18)(H,21,22)(H2,16,23,24). The summed E-state index contributed by atoms with van der Waals surface area (Å²) in [5, 5.41) is 25.7. The van der Waals surface area contributed by atoms with Gasteiger partial charge in [0.15, 0.2) is 5.69 Å². The number of aromatic nitrogens is 4. The van der Waals surface area contributed by atoms with E-state index in [9.17, 15) is 18.3 Å². The summed E-state index contributed by atoms with van der Waals surface area (Å²) in [4.78, 5) is 11.5. The van der Waals surface area contributed by atoms with E-state index in [0.29, 0.717) is 29.8 Å². The highest BCUT2D eigenvalue weighted by Crippen LogP contribution is 2.36. The highest BCUT2D eigenvalue weighted by atomic mass is 32.2. The largest absolute Gasteiger partial charge is 0.476 e. The molecular weight excluding hydrogens is 346 g/mol. The molecule has 25 heavy (non-hydrogen) atoms. The summed E-state index contributed by atoms with van der Waals surface area (Å²) in [5.74, 6) is -1.11. The minimum atomic E-state index is -3.81. The van der Waals surface area contributed by atoms with E-state index in [2.05, 4.69) is 15.3 Å². The molecule has 128 valence electrons. The van der Waals surface area contributed by atoms with Crippen molar-refractivity contribution in [3.63, 3.8) is 0 Å². The molecule has 0 atom stereocenters. The average molecular weight is 359 g/mol. The van der Waals surface area contributed by atoms with Gasteiger partial charge in [0, 0.05) is 16.8 Å². The van der Waals surface area contributed by atoms with Crippen LogP contribution in [0.2, 0.25) is 0 Å². The van der Waals surface area contributed by atoms with Crippen LogP contribution in [0.3, 0.4) is 0 Å². The molecule has 9 nitrogen and oxygen atoms in total. The third-order valence-corrected chi connectivity index (χ3v) is 5.12. The SMILES string of the molecule is NS(=O)(=O)c1ccc(-n2nc(C(=O)O)c3c2-c2cn[nH]c2CC3)cc1. The van der Waals surface area contributed by atoms with Crippen LogP contribution in [0.5, 0.6) is 0 Å². The number of H-pyrrole nitrogens is 1. The van der Waals surface area contributed by atoms with Gasteiger partial charge >= 0.3 is 5.97 Å². The normalized spacial score (nSPS) is 13.3. The number of primary sulfonamides is 1. The van der Waals surface area contributed by atoms with Gasteiger partial charge in [0.1, 0.15) is 0 Å². The Morgan fingerprint density at radius 2 is 1.96 bits per heavy atom. The third-order valence-electron chi connectivity index (χ3n) is 4.19. The molecule has 3 aromatic rings. The van der Waals surface area contributed by atoms with Gasteiger partial charge in [0.2, 0.25) is 10.0 Å². The van der Waals surface area contributed by atoms with Gasteiger partial charge in [0.25, 0.3) is 0 Å². The van der Waals surface area contributed by atoms with E-state index in [-0.39, 0.29) is 10.6 Å². The highest BCUT2D eigenvalue weighted by molar-refractivity contribution is 7.89. The third kappa shape index (κ3) is 2.42. The number of carbonyl (C=O) groups is 1. The van der Waals surface area contributed by atoms with Crippen LogP contribution in [-0.4, -0.2) is 39.5 Å². The zero-order chi connectivity index (χ0) is 17.8. The molecule has 4 rings (SSSR count). The van der Waals surface area contributed by atoms with Crippen molar-refractivity contribution in [3.05, 3.63) is 47.4 Å². The maximum Gasteiger partial charge on any atom is 0.356 e. The lowest BCUT2D eigenvalue weighted by atomic mass is 9.94. The molecule has 0 saturated heterocycles. The minimum Gasteiger partial charge on any atom is -0.476 e. The second-order valence-electron chi connectivity index (χ2n) is 5.69. The molecule has 0 bridgehead atoms. The van der Waals surface area contributed by atoms with E-state index in [1.165, 1.54) is 28.9 Å². The summed E-state index contributed by atoms with van der Waals surface area (Å²) in [7, 11) is -3.81. The van der Waals surface area contributed by atoms with Crippen molar-refractivity contribution in [2.45, 2.75) is 17.7 Å². The van der Waals surface area contributed by atoms with Gasteiger partial charge in [-0.15, -0.1) is 0 Å². The first-order valence-electron chi connectivity index (χ1n) is 7.37. The van der Waals surface area contributed by atoms with Crippen molar-refractivity contribution < 1.29 is 18.3 Å². The van der Waals surface area contributed by atoms with Crippen molar-refractivity contribution in [2.75, 3.05) is 0 Å². The summed E-state index contributed by atoms with van der Waals surface area (Å²) >= 11 is 0. The Kier molecular flexibility index (Phi) is 3.27. The van der Waals surface area contributed by atoms with Crippen LogP contribution in [0.25, 0.3) is 16.9 Å². The molecule has 0 spiro atoms. The van der Waals surface area contributed by atoms with Crippen molar-refractivity contribution in [1.82, 2.24) is 20.0 Å². The fraction of sp³-hybridized carbons (Fsp3) is 0.133. The number of nitrogens with one attached hydrogen (secondary N) is 1. The van der Waals surface area contributed by atoms with Crippen LogP contribution < -0.4 is 5.14 Å². The number of aromatic carboxylic acids is 1. The van der Waals surface area contributed by atoms with Crippen LogP contribution in [-0.2, 0) is 22.9 Å². The monoisotopic (exact) mass is 359 g/mol. The molecule has 2 aromatic heterocycles. The van der Waals surface area contributed by atoms with Crippen molar-refractivity contribution >= 4 is 16.0 Å². The van der Waals surface area contributed by atoms with Gasteiger partial charge < -0.3 is 5.11 Å². The first kappa shape index (κ1) is 15.5. The Balaban J connectivity index is 1.93. The lowest BCUT2D eigenvalue weighted by molar-refractivity contribution is 0.0688. The molecule has 2 heterocycles. The number of fused-ring (bicyclic) bond motifs is 3. The lowest BCUT2D eigenvalue weighted by Gasteiger charge is -2.14. The molecule has 0 unspecified atom stereocenters. The van der Waals surface area contributed by atoms with Crippen molar-refractivity contribution in [2.24, 2.45) is 5.14 Å². The first-order chi connectivity index (χ1) is 11.9. The zero-order valence-corrected chi connectivity index (χ0v) is 13.6. The maximum absolute atomic E-state index is 11.6. The van der Waals surface area contributed by atoms with Gasteiger partial charge in [-0.2, -0.15) is 10.2 Å². The summed E-state index contributed by atoms with van der Waals surface area (Å²) in [6, 6.07) is 5.79. The number of carboxylic acids is 1. The summed E-state index contributed by atoms with van der Waals surface area (Å²) in [6.45, 7) is 0. The van der Waals surface area contributed by atoms with Crippen LogP contribution >= 0.6 is 0 Å². The maximum atomic E-state index is 11.6. The number of rotatable bonds is 3. The van der Waals surface area contributed by atoms with Gasteiger partial charge in [0.05, 0.1) is 22.5 Å². The lowest BCUT2D eigenvalue weighted by Crippen LogP contribution is -2.12. The number of carboxylic acid groups (broad SMARTS) is 1. The van der Waals surface area contributed by atoms with Gasteiger partial charge in [-0.25, -0.2) is 23.0 Å². The molecule has 0 radical (unpaired) electrons. The number of aryl methyl sites for hydroxylation is 1. The number of sulfonamides is 1. The van der Waals surface area contributed by atoms with E-state index < -0.39 is 16.0 Å². The fourth-order valence-corrected chi connectivity index (χ4v) is 3.57. The molecule has 0 fully saturated rings. The van der Waals surface area contributed by atoms with E-state index in [4.69, 9.17) is 5.14 Å². The van der Waals surface area contributed by atoms with Crippen LogP contribution in [0, 0.1) is 0 Å². The Bertz CT molecular complexity index is 1100. The molecular formula is C15H13N5O4S. The Hall–Kier alpha value is -2.98. The van der Waals surface area contributed by atoms with Crippen LogP contribution in [0.4, 0.5) is 0 Å². The average Bonchev–Trinajstić information content (AvgIpc) is 3.18. The summed E-state index contributed by atoms with van der Waals surface area (Å²) in [6.07, 6.45) is 2.82. The number of nitrogens with two attached hydrogens (primary N) is 1. The smallest absolute Gasteiger partial charge is 0.356 e. The molecule has 1 aromatic carbocycles. The Morgan fingerprint density at radius 1 is 1.24 bits per heavy atom. The zero-order valence-electron chi connectivity index (χ0n) is 12.8. The van der Waals surface area contributed by atoms with Gasteiger partial charge in [-0.3, -0.25) is 5.10 Å². The Morgan fingerprint density at radius 3 is 2.60 bits per heavy atom. The summed E-state index contributed by atoms with van der Waals surface area (Å²) < 4.78 is 24.3. The number of hydrogen-bond donors (Lipinski definition) is 3. The second kappa shape index (κ2) is 5.26. The molecule has 0 amide bonds. The second-order valence-corrected chi connectivity index (χ2v) is 7.26.